The van der Waals surface area contributed by atoms with Crippen molar-refractivity contribution in [3.05, 3.63) is 17.0 Å². The van der Waals surface area contributed by atoms with E-state index in [4.69, 9.17) is 9.84 Å². The highest BCUT2D eigenvalue weighted by atomic mass is 32.1. The Hall–Kier alpha value is -1.60. The standard InChI is InChI=1S/C12H18N2O4S/c1-7(2)9(6-18-3)13-12(17)14-10-8(11(15)16)4-5-19-10/h4-5,7,9H,6H2,1-3H3,(H,15,16)(H2,13,14,17). The molecule has 0 aromatic carbocycles. The minimum Gasteiger partial charge on any atom is -0.478 e. The van der Waals surface area contributed by atoms with Crippen molar-refractivity contribution in [3.8, 4) is 0 Å². The van der Waals surface area contributed by atoms with Crippen molar-refractivity contribution in [1.29, 1.82) is 0 Å². The summed E-state index contributed by atoms with van der Waals surface area (Å²) in [6.45, 7) is 4.34. The number of carboxylic acids is 1. The van der Waals surface area contributed by atoms with Crippen LogP contribution in [0.2, 0.25) is 0 Å². The number of aromatic carboxylic acids is 1. The third-order valence-corrected chi connectivity index (χ3v) is 3.42. The minimum atomic E-state index is -1.06. The summed E-state index contributed by atoms with van der Waals surface area (Å²) in [5.74, 6) is -0.846. The number of ether oxygens (including phenoxy) is 1. The number of anilines is 1. The summed E-state index contributed by atoms with van der Waals surface area (Å²) in [7, 11) is 1.57. The monoisotopic (exact) mass is 286 g/mol. The maximum atomic E-state index is 11.8. The van der Waals surface area contributed by atoms with Gasteiger partial charge < -0.3 is 15.2 Å². The molecule has 1 aromatic rings. The Balaban J connectivity index is 2.64. The maximum Gasteiger partial charge on any atom is 0.338 e. The largest absolute Gasteiger partial charge is 0.478 e. The molecule has 1 heterocycles. The van der Waals surface area contributed by atoms with Crippen LogP contribution in [0.15, 0.2) is 11.4 Å². The van der Waals surface area contributed by atoms with Crippen LogP contribution in [0.1, 0.15) is 24.2 Å². The van der Waals surface area contributed by atoms with E-state index in [9.17, 15) is 9.59 Å². The van der Waals surface area contributed by atoms with Gasteiger partial charge in [-0.25, -0.2) is 9.59 Å². The summed E-state index contributed by atoms with van der Waals surface area (Å²) >= 11 is 1.17. The Labute approximate surface area is 115 Å². The first-order valence-electron chi connectivity index (χ1n) is 5.83. The van der Waals surface area contributed by atoms with E-state index in [1.807, 2.05) is 13.8 Å². The topological polar surface area (TPSA) is 87.7 Å². The van der Waals surface area contributed by atoms with E-state index in [1.165, 1.54) is 17.4 Å². The summed E-state index contributed by atoms with van der Waals surface area (Å²) in [5, 5.41) is 16.2. The Morgan fingerprint density at radius 2 is 2.16 bits per heavy atom. The molecule has 6 nitrogen and oxygen atoms in total. The summed E-state index contributed by atoms with van der Waals surface area (Å²) in [4.78, 5) is 22.7. The molecule has 0 radical (unpaired) electrons. The zero-order valence-corrected chi connectivity index (χ0v) is 11.9. The fraction of sp³-hybridized carbons (Fsp3) is 0.500. The molecular formula is C12H18N2O4S. The lowest BCUT2D eigenvalue weighted by Gasteiger charge is -2.21. The lowest BCUT2D eigenvalue weighted by molar-refractivity contribution is 0.0698. The van der Waals surface area contributed by atoms with Gasteiger partial charge in [-0.2, -0.15) is 0 Å². The van der Waals surface area contributed by atoms with E-state index < -0.39 is 12.0 Å². The first-order valence-corrected chi connectivity index (χ1v) is 6.71. The molecule has 1 rings (SSSR count). The molecule has 0 aliphatic rings. The van der Waals surface area contributed by atoms with E-state index in [2.05, 4.69) is 10.6 Å². The maximum absolute atomic E-state index is 11.8. The van der Waals surface area contributed by atoms with Gasteiger partial charge in [0.05, 0.1) is 18.2 Å². The van der Waals surface area contributed by atoms with Crippen molar-refractivity contribution in [1.82, 2.24) is 5.32 Å². The molecule has 0 aliphatic carbocycles. The molecule has 7 heteroatoms. The number of carbonyl (C=O) groups is 2. The average Bonchev–Trinajstić information content (AvgIpc) is 2.76. The third kappa shape index (κ3) is 4.53. The number of nitrogens with one attached hydrogen (secondary N) is 2. The Morgan fingerprint density at radius 1 is 1.47 bits per heavy atom. The third-order valence-electron chi connectivity index (χ3n) is 2.59. The first kappa shape index (κ1) is 15.5. The van der Waals surface area contributed by atoms with Gasteiger partial charge in [0.1, 0.15) is 5.00 Å². The highest BCUT2D eigenvalue weighted by molar-refractivity contribution is 7.14. The van der Waals surface area contributed by atoms with Gasteiger partial charge in [-0.1, -0.05) is 13.8 Å². The molecule has 0 saturated heterocycles. The first-order chi connectivity index (χ1) is 8.95. The van der Waals surface area contributed by atoms with Gasteiger partial charge in [0.15, 0.2) is 0 Å². The van der Waals surface area contributed by atoms with Gasteiger partial charge in [0.2, 0.25) is 0 Å². The number of carbonyl (C=O) groups excluding carboxylic acids is 1. The second-order valence-corrected chi connectivity index (χ2v) is 5.29. The summed E-state index contributed by atoms with van der Waals surface area (Å²) in [5.41, 5.74) is 0.0907. The van der Waals surface area contributed by atoms with E-state index in [0.717, 1.165) is 0 Å². The quantitative estimate of drug-likeness (QED) is 0.748. The van der Waals surface area contributed by atoms with Crippen LogP contribution in [0.4, 0.5) is 9.80 Å². The van der Waals surface area contributed by atoms with Gasteiger partial charge in [0, 0.05) is 7.11 Å². The fourth-order valence-corrected chi connectivity index (χ4v) is 2.24. The Morgan fingerprint density at radius 3 is 2.68 bits per heavy atom. The van der Waals surface area contributed by atoms with Gasteiger partial charge >= 0.3 is 12.0 Å². The summed E-state index contributed by atoms with van der Waals surface area (Å²) in [6, 6.07) is 0.900. The second-order valence-electron chi connectivity index (χ2n) is 4.37. The van der Waals surface area contributed by atoms with Gasteiger partial charge in [-0.3, -0.25) is 5.32 Å². The van der Waals surface area contributed by atoms with Crippen molar-refractivity contribution >= 4 is 28.3 Å². The van der Waals surface area contributed by atoms with Crippen LogP contribution in [0.25, 0.3) is 0 Å². The molecule has 0 bridgehead atoms. The highest BCUT2D eigenvalue weighted by Gasteiger charge is 2.18. The van der Waals surface area contributed by atoms with Crippen molar-refractivity contribution in [2.24, 2.45) is 5.92 Å². The Bertz CT molecular complexity index is 445. The van der Waals surface area contributed by atoms with Gasteiger partial charge in [-0.15, -0.1) is 11.3 Å². The second kappa shape index (κ2) is 7.10. The van der Waals surface area contributed by atoms with Crippen molar-refractivity contribution in [2.45, 2.75) is 19.9 Å². The van der Waals surface area contributed by atoms with Crippen molar-refractivity contribution < 1.29 is 19.4 Å². The number of amides is 2. The lowest BCUT2D eigenvalue weighted by atomic mass is 10.1. The minimum absolute atomic E-state index is 0.0907. The lowest BCUT2D eigenvalue weighted by Crippen LogP contribution is -2.43. The highest BCUT2D eigenvalue weighted by Crippen LogP contribution is 2.22. The van der Waals surface area contributed by atoms with Crippen LogP contribution in [-0.4, -0.2) is 36.9 Å². The van der Waals surface area contributed by atoms with Gasteiger partial charge in [-0.05, 0) is 17.4 Å². The average molecular weight is 286 g/mol. The number of carboxylic acid groups (broad SMARTS) is 1. The molecular weight excluding hydrogens is 268 g/mol. The number of hydrogen-bond acceptors (Lipinski definition) is 4. The van der Waals surface area contributed by atoms with E-state index in [-0.39, 0.29) is 17.5 Å². The number of hydrogen-bond donors (Lipinski definition) is 3. The number of rotatable bonds is 6. The zero-order chi connectivity index (χ0) is 14.4. The fourth-order valence-electron chi connectivity index (χ4n) is 1.46. The molecule has 0 spiro atoms. The van der Waals surface area contributed by atoms with Crippen LogP contribution in [-0.2, 0) is 4.74 Å². The smallest absolute Gasteiger partial charge is 0.338 e. The predicted molar refractivity (Wildman–Crippen MR) is 73.9 cm³/mol. The molecule has 0 fully saturated rings. The predicted octanol–water partition coefficient (Wildman–Crippen LogP) is 2.24. The normalized spacial score (nSPS) is 12.2. The van der Waals surface area contributed by atoms with Gasteiger partial charge in [0.25, 0.3) is 0 Å². The van der Waals surface area contributed by atoms with Crippen LogP contribution in [0.3, 0.4) is 0 Å². The van der Waals surface area contributed by atoms with Crippen LogP contribution in [0.5, 0.6) is 0 Å². The van der Waals surface area contributed by atoms with Crippen LogP contribution in [0, 0.1) is 5.92 Å². The summed E-state index contributed by atoms with van der Waals surface area (Å²) < 4.78 is 5.03. The summed E-state index contributed by atoms with van der Waals surface area (Å²) in [6.07, 6.45) is 0. The molecule has 0 aliphatic heterocycles. The molecule has 106 valence electrons. The molecule has 1 aromatic heterocycles. The van der Waals surface area contributed by atoms with Crippen molar-refractivity contribution in [2.75, 3.05) is 19.0 Å². The molecule has 19 heavy (non-hydrogen) atoms. The Kier molecular flexibility index (Phi) is 5.78. The number of urea groups is 1. The molecule has 3 N–H and O–H groups in total. The number of thiophene rings is 1. The molecule has 1 atom stereocenters. The van der Waals surface area contributed by atoms with Crippen molar-refractivity contribution in [3.63, 3.8) is 0 Å². The van der Waals surface area contributed by atoms with E-state index >= 15 is 0 Å². The molecule has 2 amide bonds. The number of methoxy groups -OCH3 is 1. The zero-order valence-electron chi connectivity index (χ0n) is 11.1. The molecule has 0 saturated carbocycles. The molecule has 1 unspecified atom stereocenters. The van der Waals surface area contributed by atoms with Crippen LogP contribution < -0.4 is 10.6 Å². The van der Waals surface area contributed by atoms with Crippen LogP contribution >= 0.6 is 11.3 Å². The SMILES string of the molecule is COCC(NC(=O)Nc1sccc1C(=O)O)C(C)C. The van der Waals surface area contributed by atoms with E-state index in [1.54, 1.807) is 12.5 Å². The van der Waals surface area contributed by atoms with E-state index in [0.29, 0.717) is 11.6 Å².